The van der Waals surface area contributed by atoms with E-state index in [0.717, 1.165) is 0 Å². The van der Waals surface area contributed by atoms with Crippen molar-refractivity contribution in [2.75, 3.05) is 13.7 Å². The highest BCUT2D eigenvalue weighted by atomic mass is 35.5. The summed E-state index contributed by atoms with van der Waals surface area (Å²) >= 11 is 5.93. The third-order valence-electron chi connectivity index (χ3n) is 2.91. The Kier molecular flexibility index (Phi) is 3.64. The highest BCUT2D eigenvalue weighted by Gasteiger charge is 2.30. The minimum Gasteiger partial charge on any atom is -0.464 e. The van der Waals surface area contributed by atoms with E-state index in [0.29, 0.717) is 30.2 Å². The molecule has 1 saturated heterocycles. The van der Waals surface area contributed by atoms with Crippen LogP contribution < -0.4 is 0 Å². The molecule has 0 aromatic heterocycles. The van der Waals surface area contributed by atoms with Crippen molar-refractivity contribution in [1.82, 2.24) is 4.90 Å². The second kappa shape index (κ2) is 5.02. The molecule has 1 aromatic carbocycles. The van der Waals surface area contributed by atoms with Gasteiger partial charge >= 0.3 is 5.97 Å². The molecule has 0 amide bonds. The smallest absolute Gasteiger partial charge is 0.323 e. The van der Waals surface area contributed by atoms with Gasteiger partial charge in [-0.25, -0.2) is 4.39 Å². The molecule has 1 aromatic rings. The van der Waals surface area contributed by atoms with E-state index >= 15 is 0 Å². The lowest BCUT2D eigenvalue weighted by molar-refractivity contribution is -0.142. The van der Waals surface area contributed by atoms with Crippen LogP contribution in [0.3, 0.4) is 0 Å². The van der Waals surface area contributed by atoms with Crippen LogP contribution in [0.4, 0.5) is 4.39 Å². The van der Waals surface area contributed by atoms with Crippen LogP contribution in [0.1, 0.15) is 12.0 Å². The van der Waals surface area contributed by atoms with Crippen molar-refractivity contribution in [2.45, 2.75) is 19.0 Å². The highest BCUT2D eigenvalue weighted by Crippen LogP contribution is 2.22. The zero-order chi connectivity index (χ0) is 12.4. The zero-order valence-corrected chi connectivity index (χ0v) is 10.2. The Morgan fingerprint density at radius 1 is 1.59 bits per heavy atom. The molecule has 0 N–H and O–H groups in total. The molecule has 0 saturated carbocycles. The second-order valence-electron chi connectivity index (χ2n) is 4.09. The Morgan fingerprint density at radius 2 is 2.35 bits per heavy atom. The van der Waals surface area contributed by atoms with Crippen molar-refractivity contribution < 1.29 is 13.9 Å². The van der Waals surface area contributed by atoms with Gasteiger partial charge in [-0.2, -0.15) is 0 Å². The standard InChI is InChI=1S/C12H13ClFNO2/c1-15(11-5-6-17-12(11)16)7-8-9(13)3-2-4-10(8)14/h2-4,11H,5-7H2,1H3. The van der Waals surface area contributed by atoms with Gasteiger partial charge in [-0.1, -0.05) is 17.7 Å². The summed E-state index contributed by atoms with van der Waals surface area (Å²) in [5, 5.41) is 0.378. The van der Waals surface area contributed by atoms with E-state index in [4.69, 9.17) is 16.3 Å². The highest BCUT2D eigenvalue weighted by molar-refractivity contribution is 6.31. The van der Waals surface area contributed by atoms with Crippen molar-refractivity contribution in [1.29, 1.82) is 0 Å². The Bertz CT molecular complexity index is 418. The van der Waals surface area contributed by atoms with Gasteiger partial charge in [0.2, 0.25) is 0 Å². The van der Waals surface area contributed by atoms with Crippen molar-refractivity contribution >= 4 is 17.6 Å². The molecular formula is C12H13ClFNO2. The lowest BCUT2D eigenvalue weighted by Gasteiger charge is -2.21. The van der Waals surface area contributed by atoms with E-state index in [-0.39, 0.29) is 17.8 Å². The molecule has 5 heteroatoms. The van der Waals surface area contributed by atoms with Crippen LogP contribution in [-0.2, 0) is 16.1 Å². The molecule has 1 fully saturated rings. The van der Waals surface area contributed by atoms with E-state index in [1.165, 1.54) is 6.07 Å². The van der Waals surface area contributed by atoms with Gasteiger partial charge < -0.3 is 4.74 Å². The summed E-state index contributed by atoms with van der Waals surface area (Å²) in [6.45, 7) is 0.726. The molecular weight excluding hydrogens is 245 g/mol. The molecule has 1 aliphatic heterocycles. The number of cyclic esters (lactones) is 1. The summed E-state index contributed by atoms with van der Waals surface area (Å²) in [6, 6.07) is 4.26. The Balaban J connectivity index is 2.12. The maximum Gasteiger partial charge on any atom is 0.323 e. The normalized spacial score (nSPS) is 19.8. The SMILES string of the molecule is CN(Cc1c(F)cccc1Cl)C1CCOC1=O. The molecule has 0 aliphatic carbocycles. The number of rotatable bonds is 3. The van der Waals surface area contributed by atoms with Gasteiger partial charge in [0.05, 0.1) is 6.61 Å². The first-order valence-electron chi connectivity index (χ1n) is 5.39. The number of carbonyl (C=O) groups is 1. The van der Waals surface area contributed by atoms with Crippen LogP contribution in [0.25, 0.3) is 0 Å². The summed E-state index contributed by atoms with van der Waals surface area (Å²) in [5.41, 5.74) is 0.413. The molecule has 1 heterocycles. The molecule has 0 bridgehead atoms. The molecule has 1 atom stereocenters. The van der Waals surface area contributed by atoms with Crippen LogP contribution in [0.15, 0.2) is 18.2 Å². The Morgan fingerprint density at radius 3 is 2.94 bits per heavy atom. The first kappa shape index (κ1) is 12.3. The molecule has 1 unspecified atom stereocenters. The van der Waals surface area contributed by atoms with Gasteiger partial charge in [-0.3, -0.25) is 9.69 Å². The monoisotopic (exact) mass is 257 g/mol. The van der Waals surface area contributed by atoms with Crippen LogP contribution >= 0.6 is 11.6 Å². The molecule has 1 aliphatic rings. The molecule has 0 radical (unpaired) electrons. The van der Waals surface area contributed by atoms with E-state index in [9.17, 15) is 9.18 Å². The lowest BCUT2D eigenvalue weighted by atomic mass is 10.1. The minimum absolute atomic E-state index is 0.250. The number of hydrogen-bond acceptors (Lipinski definition) is 3. The molecule has 0 spiro atoms. The predicted molar refractivity (Wildman–Crippen MR) is 62.2 cm³/mol. The van der Waals surface area contributed by atoms with E-state index in [1.807, 2.05) is 0 Å². The summed E-state index contributed by atoms with van der Waals surface area (Å²) < 4.78 is 18.4. The number of hydrogen-bond donors (Lipinski definition) is 0. The first-order chi connectivity index (χ1) is 8.09. The maximum absolute atomic E-state index is 13.6. The van der Waals surface area contributed by atoms with Crippen LogP contribution in [0, 0.1) is 5.82 Å². The van der Waals surface area contributed by atoms with Crippen molar-refractivity contribution in [2.24, 2.45) is 0 Å². The van der Waals surface area contributed by atoms with Gasteiger partial charge in [0.25, 0.3) is 0 Å². The Labute approximate surface area is 104 Å². The van der Waals surface area contributed by atoms with Crippen LogP contribution in [-0.4, -0.2) is 30.6 Å². The zero-order valence-electron chi connectivity index (χ0n) is 9.45. The molecule has 2 rings (SSSR count). The van der Waals surface area contributed by atoms with Gasteiger partial charge in [0.1, 0.15) is 11.9 Å². The molecule has 3 nitrogen and oxygen atoms in total. The number of nitrogens with zero attached hydrogens (tertiary/aromatic N) is 1. The molecule has 92 valence electrons. The number of esters is 1. The van der Waals surface area contributed by atoms with Gasteiger partial charge in [0.15, 0.2) is 0 Å². The fourth-order valence-corrected chi connectivity index (χ4v) is 2.15. The molecule has 17 heavy (non-hydrogen) atoms. The topological polar surface area (TPSA) is 29.5 Å². The lowest BCUT2D eigenvalue weighted by Crippen LogP contribution is -2.35. The average Bonchev–Trinajstić information content (AvgIpc) is 2.70. The maximum atomic E-state index is 13.6. The number of likely N-dealkylation sites (N-methyl/N-ethyl adjacent to an activating group) is 1. The third-order valence-corrected chi connectivity index (χ3v) is 3.26. The van der Waals surface area contributed by atoms with Gasteiger partial charge in [0, 0.05) is 23.6 Å². The largest absolute Gasteiger partial charge is 0.464 e. The number of benzene rings is 1. The third kappa shape index (κ3) is 2.58. The van der Waals surface area contributed by atoms with Crippen molar-refractivity contribution in [3.05, 3.63) is 34.6 Å². The van der Waals surface area contributed by atoms with Gasteiger partial charge in [-0.05, 0) is 19.2 Å². The van der Waals surface area contributed by atoms with Crippen molar-refractivity contribution in [3.63, 3.8) is 0 Å². The summed E-state index contributed by atoms with van der Waals surface area (Å²) in [5.74, 6) is -0.601. The summed E-state index contributed by atoms with van der Waals surface area (Å²) in [7, 11) is 1.76. The fraction of sp³-hybridized carbons (Fsp3) is 0.417. The minimum atomic E-state index is -0.351. The fourth-order valence-electron chi connectivity index (χ4n) is 1.93. The Hall–Kier alpha value is -1.13. The van der Waals surface area contributed by atoms with Gasteiger partial charge in [-0.15, -0.1) is 0 Å². The quantitative estimate of drug-likeness (QED) is 0.778. The van der Waals surface area contributed by atoms with Crippen LogP contribution in [0.2, 0.25) is 5.02 Å². The van der Waals surface area contributed by atoms with Crippen LogP contribution in [0.5, 0.6) is 0 Å². The first-order valence-corrected chi connectivity index (χ1v) is 5.77. The number of carbonyl (C=O) groups excluding carboxylic acids is 1. The number of ether oxygens (including phenoxy) is 1. The average molecular weight is 258 g/mol. The van der Waals surface area contributed by atoms with Crippen molar-refractivity contribution in [3.8, 4) is 0 Å². The predicted octanol–water partition coefficient (Wildman–Crippen LogP) is 2.23. The second-order valence-corrected chi connectivity index (χ2v) is 4.49. The number of halogens is 2. The van der Waals surface area contributed by atoms with E-state index in [1.54, 1.807) is 24.1 Å². The van der Waals surface area contributed by atoms with E-state index < -0.39 is 0 Å². The van der Waals surface area contributed by atoms with E-state index in [2.05, 4.69) is 0 Å². The summed E-state index contributed by atoms with van der Waals surface area (Å²) in [6.07, 6.45) is 0.640. The summed E-state index contributed by atoms with van der Waals surface area (Å²) in [4.78, 5) is 13.1.